The third-order valence-electron chi connectivity index (χ3n) is 4.41. The number of ether oxygens (including phenoxy) is 1. The summed E-state index contributed by atoms with van der Waals surface area (Å²) in [4.78, 5) is 23.2. The molecule has 0 saturated carbocycles. The maximum Gasteiger partial charge on any atom is 0.269 e. The molecular weight excluding hydrogens is 401 g/mol. The molecule has 9 nitrogen and oxygen atoms in total. The lowest BCUT2D eigenvalue weighted by Gasteiger charge is -2.18. The van der Waals surface area contributed by atoms with Gasteiger partial charge in [0.25, 0.3) is 5.91 Å². The number of hydrogen-bond acceptors (Lipinski definition) is 7. The highest BCUT2D eigenvalue weighted by Gasteiger charge is 2.17. The molecule has 164 valence electrons. The first-order valence-corrected chi connectivity index (χ1v) is 9.70. The molecule has 2 aromatic heterocycles. The summed E-state index contributed by atoms with van der Waals surface area (Å²) in [6, 6.07) is 7.58. The third-order valence-corrected chi connectivity index (χ3v) is 4.41. The van der Waals surface area contributed by atoms with E-state index in [2.05, 4.69) is 25.7 Å². The number of carbonyl (C=O) groups is 1. The Kier molecular flexibility index (Phi) is 6.81. The third kappa shape index (κ3) is 5.76. The van der Waals surface area contributed by atoms with Gasteiger partial charge in [0.05, 0.1) is 12.8 Å². The first kappa shape index (κ1) is 22.2. The Morgan fingerprint density at radius 1 is 1.26 bits per heavy atom. The standard InChI is InChI=1S/C21H26FN7O2/c1-13(12-28(2)3)24-20(30)19-11-18(27-29(19)4)17-6-7-23-21(26-17)25-15-8-14(22)9-16(10-15)31-5/h6-11,13H,12H2,1-5H3,(H,24,30)(H,23,25,26)/t13-/m0/s1. The van der Waals surface area contributed by atoms with Crippen molar-refractivity contribution in [2.75, 3.05) is 33.1 Å². The lowest BCUT2D eigenvalue weighted by Crippen LogP contribution is -2.40. The van der Waals surface area contributed by atoms with Crippen LogP contribution in [0.4, 0.5) is 16.0 Å². The molecule has 2 heterocycles. The molecule has 1 atom stereocenters. The molecule has 1 aromatic carbocycles. The van der Waals surface area contributed by atoms with E-state index in [0.717, 1.165) is 6.54 Å². The van der Waals surface area contributed by atoms with Gasteiger partial charge in [-0.3, -0.25) is 9.48 Å². The summed E-state index contributed by atoms with van der Waals surface area (Å²) >= 11 is 0. The number of aromatic nitrogens is 4. The number of hydrogen-bond donors (Lipinski definition) is 2. The Balaban J connectivity index is 1.79. The second-order valence-electron chi connectivity index (χ2n) is 7.45. The van der Waals surface area contributed by atoms with E-state index >= 15 is 0 Å². The van der Waals surface area contributed by atoms with Crippen molar-refractivity contribution in [3.63, 3.8) is 0 Å². The van der Waals surface area contributed by atoms with Gasteiger partial charge in [-0.25, -0.2) is 14.4 Å². The van der Waals surface area contributed by atoms with Crippen molar-refractivity contribution in [1.82, 2.24) is 30.0 Å². The van der Waals surface area contributed by atoms with Gasteiger partial charge in [0.1, 0.15) is 23.0 Å². The number of nitrogens with zero attached hydrogens (tertiary/aromatic N) is 5. The summed E-state index contributed by atoms with van der Waals surface area (Å²) in [5.41, 5.74) is 1.92. The van der Waals surface area contributed by atoms with Crippen molar-refractivity contribution in [1.29, 1.82) is 0 Å². The summed E-state index contributed by atoms with van der Waals surface area (Å²) in [6.45, 7) is 2.67. The lowest BCUT2D eigenvalue weighted by molar-refractivity contribution is 0.0925. The van der Waals surface area contributed by atoms with Crippen LogP contribution >= 0.6 is 0 Å². The van der Waals surface area contributed by atoms with Crippen LogP contribution in [0.1, 0.15) is 17.4 Å². The monoisotopic (exact) mass is 427 g/mol. The number of methoxy groups -OCH3 is 1. The van der Waals surface area contributed by atoms with E-state index in [9.17, 15) is 9.18 Å². The highest BCUT2D eigenvalue weighted by molar-refractivity contribution is 5.93. The van der Waals surface area contributed by atoms with Gasteiger partial charge in [-0.05, 0) is 39.2 Å². The summed E-state index contributed by atoms with van der Waals surface area (Å²) in [5, 5.41) is 10.3. The van der Waals surface area contributed by atoms with Crippen LogP contribution in [0, 0.1) is 5.82 Å². The van der Waals surface area contributed by atoms with Gasteiger partial charge in [0, 0.05) is 43.7 Å². The van der Waals surface area contributed by atoms with Crippen LogP contribution in [0.2, 0.25) is 0 Å². The summed E-state index contributed by atoms with van der Waals surface area (Å²) < 4.78 is 20.3. The Morgan fingerprint density at radius 2 is 2.03 bits per heavy atom. The lowest BCUT2D eigenvalue weighted by atomic mass is 10.2. The van der Waals surface area contributed by atoms with Gasteiger partial charge in [0.2, 0.25) is 5.95 Å². The fraction of sp³-hybridized carbons (Fsp3) is 0.333. The van der Waals surface area contributed by atoms with Crippen molar-refractivity contribution in [3.8, 4) is 17.1 Å². The Hall–Kier alpha value is -3.53. The first-order chi connectivity index (χ1) is 14.7. The zero-order valence-corrected chi connectivity index (χ0v) is 18.2. The number of nitrogens with one attached hydrogen (secondary N) is 2. The van der Waals surface area contributed by atoms with Crippen molar-refractivity contribution in [3.05, 3.63) is 48.0 Å². The second-order valence-corrected chi connectivity index (χ2v) is 7.45. The minimum Gasteiger partial charge on any atom is -0.497 e. The van der Waals surface area contributed by atoms with E-state index in [1.54, 1.807) is 31.4 Å². The molecule has 0 spiro atoms. The van der Waals surface area contributed by atoms with E-state index in [-0.39, 0.29) is 17.9 Å². The van der Waals surface area contributed by atoms with Gasteiger partial charge < -0.3 is 20.3 Å². The van der Waals surface area contributed by atoms with Crippen molar-refractivity contribution in [2.45, 2.75) is 13.0 Å². The molecule has 1 amide bonds. The summed E-state index contributed by atoms with van der Waals surface area (Å²) in [7, 11) is 7.07. The molecule has 10 heteroatoms. The SMILES string of the molecule is COc1cc(F)cc(Nc2nccc(-c3cc(C(=O)N[C@@H](C)CN(C)C)n(C)n3)n2)c1. The molecular formula is C21H26FN7O2. The summed E-state index contributed by atoms with van der Waals surface area (Å²) in [5.74, 6) is -0.0133. The molecule has 3 rings (SSSR count). The zero-order chi connectivity index (χ0) is 22.5. The molecule has 0 radical (unpaired) electrons. The normalized spacial score (nSPS) is 12.0. The fourth-order valence-corrected chi connectivity index (χ4v) is 3.14. The minimum absolute atomic E-state index is 0.0148. The highest BCUT2D eigenvalue weighted by atomic mass is 19.1. The molecule has 0 bridgehead atoms. The van der Waals surface area contributed by atoms with Crippen LogP contribution in [-0.2, 0) is 7.05 Å². The number of aryl methyl sites for hydroxylation is 1. The maximum absolute atomic E-state index is 13.7. The minimum atomic E-state index is -0.443. The number of benzene rings is 1. The first-order valence-electron chi connectivity index (χ1n) is 9.70. The van der Waals surface area contributed by atoms with Crippen LogP contribution in [0.5, 0.6) is 5.75 Å². The number of likely N-dealkylation sites (N-methyl/N-ethyl adjacent to an activating group) is 1. The zero-order valence-electron chi connectivity index (χ0n) is 18.2. The van der Waals surface area contributed by atoms with Crippen LogP contribution in [-0.4, -0.2) is 64.3 Å². The van der Waals surface area contributed by atoms with Gasteiger partial charge in [-0.1, -0.05) is 0 Å². The van der Waals surface area contributed by atoms with E-state index in [0.29, 0.717) is 28.5 Å². The largest absolute Gasteiger partial charge is 0.497 e. The van der Waals surface area contributed by atoms with Gasteiger partial charge in [-0.15, -0.1) is 0 Å². The number of carbonyl (C=O) groups excluding carboxylic acids is 1. The average molecular weight is 427 g/mol. The quantitative estimate of drug-likeness (QED) is 0.570. The van der Waals surface area contributed by atoms with Crippen LogP contribution in [0.15, 0.2) is 36.5 Å². The topological polar surface area (TPSA) is 97.2 Å². The molecule has 0 saturated heterocycles. The van der Waals surface area contributed by atoms with Gasteiger partial charge >= 0.3 is 0 Å². The smallest absolute Gasteiger partial charge is 0.269 e. The molecule has 0 aliphatic carbocycles. The number of halogens is 1. The Labute approximate surface area is 180 Å². The van der Waals surface area contributed by atoms with Crippen molar-refractivity contribution >= 4 is 17.5 Å². The van der Waals surface area contributed by atoms with E-state index < -0.39 is 5.82 Å². The van der Waals surface area contributed by atoms with Crippen molar-refractivity contribution < 1.29 is 13.9 Å². The molecule has 0 aliphatic heterocycles. The van der Waals surface area contributed by atoms with Crippen LogP contribution in [0.3, 0.4) is 0 Å². The predicted octanol–water partition coefficient (Wildman–Crippen LogP) is 2.45. The highest BCUT2D eigenvalue weighted by Crippen LogP contribution is 2.23. The maximum atomic E-state index is 13.7. The van der Waals surface area contributed by atoms with Crippen molar-refractivity contribution in [2.24, 2.45) is 7.05 Å². The predicted molar refractivity (Wildman–Crippen MR) is 116 cm³/mol. The Morgan fingerprint density at radius 3 is 2.74 bits per heavy atom. The van der Waals surface area contributed by atoms with Crippen LogP contribution < -0.4 is 15.4 Å². The molecule has 31 heavy (non-hydrogen) atoms. The summed E-state index contributed by atoms with van der Waals surface area (Å²) in [6.07, 6.45) is 1.56. The second kappa shape index (κ2) is 9.52. The van der Waals surface area contributed by atoms with E-state index in [1.165, 1.54) is 23.9 Å². The molecule has 0 fully saturated rings. The molecule has 2 N–H and O–H groups in total. The average Bonchev–Trinajstić information content (AvgIpc) is 3.09. The molecule has 0 aliphatic rings. The van der Waals surface area contributed by atoms with E-state index in [4.69, 9.17) is 4.74 Å². The van der Waals surface area contributed by atoms with Gasteiger partial charge in [-0.2, -0.15) is 5.10 Å². The number of amides is 1. The number of anilines is 2. The Bertz CT molecular complexity index is 1070. The number of rotatable bonds is 8. The fourth-order valence-electron chi connectivity index (χ4n) is 3.14. The van der Waals surface area contributed by atoms with E-state index in [1.807, 2.05) is 25.9 Å². The molecule has 3 aromatic rings. The molecule has 0 unspecified atom stereocenters. The van der Waals surface area contributed by atoms with Gasteiger partial charge in [0.15, 0.2) is 0 Å². The van der Waals surface area contributed by atoms with Crippen LogP contribution in [0.25, 0.3) is 11.4 Å².